The molecule has 2 aromatic carbocycles. The molecule has 0 aromatic heterocycles. The molecule has 0 fully saturated rings. The van der Waals surface area contributed by atoms with Crippen molar-refractivity contribution < 1.29 is 13.9 Å². The highest BCUT2D eigenvalue weighted by Gasteiger charge is 2.09. The summed E-state index contributed by atoms with van der Waals surface area (Å²) < 4.78 is 18.4. The molecule has 0 unspecified atom stereocenters. The van der Waals surface area contributed by atoms with Crippen LogP contribution >= 0.6 is 11.8 Å². The molecule has 0 atom stereocenters. The van der Waals surface area contributed by atoms with Crippen LogP contribution in [-0.2, 0) is 4.79 Å². The lowest BCUT2D eigenvalue weighted by Crippen LogP contribution is -2.05. The number of halogens is 1. The maximum Gasteiger partial charge on any atom is 0.221 e. The maximum atomic E-state index is 13.5. The number of carbonyl (C=O) groups is 1. The van der Waals surface area contributed by atoms with Gasteiger partial charge < -0.3 is 15.8 Å². The Bertz CT molecular complexity index is 659. The number of ether oxygens (including phenoxy) is 1. The van der Waals surface area contributed by atoms with Crippen LogP contribution in [0.1, 0.15) is 6.92 Å². The topological polar surface area (TPSA) is 64.3 Å². The molecule has 0 aliphatic carbocycles. The quantitative estimate of drug-likeness (QED) is 0.848. The van der Waals surface area contributed by atoms with Crippen molar-refractivity contribution in [3.63, 3.8) is 0 Å². The van der Waals surface area contributed by atoms with E-state index >= 15 is 0 Å². The third-order valence-corrected chi connectivity index (χ3v) is 3.77. The lowest BCUT2D eigenvalue weighted by Gasteiger charge is -2.09. The molecule has 0 aliphatic heterocycles. The molecule has 4 nitrogen and oxygen atoms in total. The first-order valence-corrected chi connectivity index (χ1v) is 6.99. The van der Waals surface area contributed by atoms with Crippen LogP contribution in [0.4, 0.5) is 15.8 Å². The van der Waals surface area contributed by atoms with E-state index in [2.05, 4.69) is 5.32 Å². The van der Waals surface area contributed by atoms with E-state index in [1.807, 2.05) is 12.1 Å². The first-order chi connectivity index (χ1) is 9.99. The predicted molar refractivity (Wildman–Crippen MR) is 82.2 cm³/mol. The summed E-state index contributed by atoms with van der Waals surface area (Å²) in [5.74, 6) is -0.454. The summed E-state index contributed by atoms with van der Waals surface area (Å²) >= 11 is 1.40. The standard InChI is InChI=1S/C15H15FN2O2S/c1-9(19)18-10-3-5-11(6-4-10)21-15-8-14(20-2)12(16)7-13(15)17/h3-8H,17H2,1-2H3,(H,18,19). The van der Waals surface area contributed by atoms with Crippen LogP contribution in [-0.4, -0.2) is 13.0 Å². The number of amides is 1. The Morgan fingerprint density at radius 1 is 1.29 bits per heavy atom. The number of hydrogen-bond donors (Lipinski definition) is 2. The monoisotopic (exact) mass is 306 g/mol. The molecule has 2 rings (SSSR count). The third-order valence-electron chi connectivity index (χ3n) is 2.69. The fraction of sp³-hybridized carbons (Fsp3) is 0.133. The molecule has 0 aliphatic rings. The molecule has 110 valence electrons. The Morgan fingerprint density at radius 2 is 1.95 bits per heavy atom. The van der Waals surface area contributed by atoms with Crippen molar-refractivity contribution in [2.75, 3.05) is 18.2 Å². The van der Waals surface area contributed by atoms with Gasteiger partial charge in [0.2, 0.25) is 5.91 Å². The van der Waals surface area contributed by atoms with Gasteiger partial charge in [0.1, 0.15) is 0 Å². The third kappa shape index (κ3) is 3.88. The molecule has 6 heteroatoms. The van der Waals surface area contributed by atoms with Gasteiger partial charge in [-0.15, -0.1) is 0 Å². The van der Waals surface area contributed by atoms with E-state index in [-0.39, 0.29) is 11.7 Å². The zero-order valence-corrected chi connectivity index (χ0v) is 12.5. The molecule has 1 amide bonds. The van der Waals surface area contributed by atoms with Crippen LogP contribution in [0.15, 0.2) is 46.2 Å². The summed E-state index contributed by atoms with van der Waals surface area (Å²) in [4.78, 5) is 12.6. The molecule has 0 bridgehead atoms. The molecule has 2 aromatic rings. The first kappa shape index (κ1) is 15.2. The van der Waals surface area contributed by atoms with Gasteiger partial charge in [0.05, 0.1) is 7.11 Å². The minimum Gasteiger partial charge on any atom is -0.494 e. The number of carbonyl (C=O) groups excluding carboxylic acids is 1. The van der Waals surface area contributed by atoms with Crippen molar-refractivity contribution in [1.82, 2.24) is 0 Å². The molecular formula is C15H15FN2O2S. The van der Waals surface area contributed by atoms with Crippen LogP contribution in [0.2, 0.25) is 0 Å². The van der Waals surface area contributed by atoms with Crippen molar-refractivity contribution >= 4 is 29.0 Å². The van der Waals surface area contributed by atoms with Crippen molar-refractivity contribution in [2.45, 2.75) is 16.7 Å². The van der Waals surface area contributed by atoms with E-state index < -0.39 is 5.82 Å². The van der Waals surface area contributed by atoms with Gasteiger partial charge in [-0.3, -0.25) is 4.79 Å². The Labute approximate surface area is 126 Å². The second kappa shape index (κ2) is 6.49. The zero-order valence-electron chi connectivity index (χ0n) is 11.6. The predicted octanol–water partition coefficient (Wildman–Crippen LogP) is 3.53. The molecule has 0 spiro atoms. The Morgan fingerprint density at radius 3 is 2.52 bits per heavy atom. The molecule has 0 saturated heterocycles. The number of nitrogen functional groups attached to an aromatic ring is 1. The van der Waals surface area contributed by atoms with Crippen LogP contribution in [0.5, 0.6) is 5.75 Å². The molecule has 0 heterocycles. The van der Waals surface area contributed by atoms with Crippen molar-refractivity contribution in [2.24, 2.45) is 0 Å². The smallest absolute Gasteiger partial charge is 0.221 e. The van der Waals surface area contributed by atoms with Gasteiger partial charge in [-0.25, -0.2) is 4.39 Å². The SMILES string of the molecule is COc1cc(Sc2ccc(NC(C)=O)cc2)c(N)cc1F. The van der Waals surface area contributed by atoms with Gasteiger partial charge in [-0.05, 0) is 30.3 Å². The van der Waals surface area contributed by atoms with Crippen LogP contribution in [0, 0.1) is 5.82 Å². The number of hydrogen-bond acceptors (Lipinski definition) is 4. The largest absolute Gasteiger partial charge is 0.494 e. The second-order valence-electron chi connectivity index (χ2n) is 4.33. The van der Waals surface area contributed by atoms with Crippen LogP contribution in [0.25, 0.3) is 0 Å². The highest BCUT2D eigenvalue weighted by atomic mass is 32.2. The number of nitrogens with one attached hydrogen (secondary N) is 1. The lowest BCUT2D eigenvalue weighted by molar-refractivity contribution is -0.114. The molecule has 0 saturated carbocycles. The van der Waals surface area contributed by atoms with Crippen molar-refractivity contribution in [1.29, 1.82) is 0 Å². The average molecular weight is 306 g/mol. The molecule has 0 radical (unpaired) electrons. The van der Waals surface area contributed by atoms with Crippen LogP contribution < -0.4 is 15.8 Å². The Balaban J connectivity index is 2.20. The van der Waals surface area contributed by atoms with Crippen molar-refractivity contribution in [3.05, 3.63) is 42.2 Å². The number of benzene rings is 2. The van der Waals surface area contributed by atoms with E-state index in [0.29, 0.717) is 10.6 Å². The number of rotatable bonds is 4. The van der Waals surface area contributed by atoms with Gasteiger partial charge in [0, 0.05) is 34.2 Å². The maximum absolute atomic E-state index is 13.5. The molecular weight excluding hydrogens is 291 g/mol. The fourth-order valence-electron chi connectivity index (χ4n) is 1.73. The van der Waals surface area contributed by atoms with E-state index in [1.54, 1.807) is 18.2 Å². The zero-order chi connectivity index (χ0) is 15.4. The number of methoxy groups -OCH3 is 1. The van der Waals surface area contributed by atoms with E-state index in [0.717, 1.165) is 10.6 Å². The number of nitrogens with two attached hydrogens (primary N) is 1. The minimum atomic E-state index is -0.486. The summed E-state index contributed by atoms with van der Waals surface area (Å²) in [5, 5.41) is 2.69. The van der Waals surface area contributed by atoms with Gasteiger partial charge in [0.15, 0.2) is 11.6 Å². The normalized spacial score (nSPS) is 10.2. The van der Waals surface area contributed by atoms with E-state index in [9.17, 15) is 9.18 Å². The summed E-state index contributed by atoms with van der Waals surface area (Å²) in [5.41, 5.74) is 6.89. The number of anilines is 2. The highest BCUT2D eigenvalue weighted by molar-refractivity contribution is 7.99. The van der Waals surface area contributed by atoms with Crippen molar-refractivity contribution in [3.8, 4) is 5.75 Å². The highest BCUT2D eigenvalue weighted by Crippen LogP contribution is 2.36. The van der Waals surface area contributed by atoms with E-state index in [4.69, 9.17) is 10.5 Å². The summed E-state index contributed by atoms with van der Waals surface area (Å²) in [7, 11) is 1.41. The Hall–Kier alpha value is -2.21. The summed E-state index contributed by atoms with van der Waals surface area (Å²) in [6, 6.07) is 10.1. The fourth-order valence-corrected chi connectivity index (χ4v) is 2.60. The molecule has 3 N–H and O–H groups in total. The van der Waals surface area contributed by atoms with Gasteiger partial charge in [-0.2, -0.15) is 0 Å². The lowest BCUT2D eigenvalue weighted by atomic mass is 10.3. The van der Waals surface area contributed by atoms with Gasteiger partial charge in [-0.1, -0.05) is 11.8 Å². The second-order valence-corrected chi connectivity index (χ2v) is 5.45. The summed E-state index contributed by atoms with van der Waals surface area (Å²) in [6.45, 7) is 1.45. The van der Waals surface area contributed by atoms with Gasteiger partial charge in [0.25, 0.3) is 0 Å². The molecule has 21 heavy (non-hydrogen) atoms. The average Bonchev–Trinajstić information content (AvgIpc) is 2.43. The summed E-state index contributed by atoms with van der Waals surface area (Å²) in [6.07, 6.45) is 0. The van der Waals surface area contributed by atoms with E-state index in [1.165, 1.54) is 31.9 Å². The van der Waals surface area contributed by atoms with Gasteiger partial charge >= 0.3 is 0 Å². The minimum absolute atomic E-state index is 0.122. The Kier molecular flexibility index (Phi) is 4.70. The van der Waals surface area contributed by atoms with Crippen LogP contribution in [0.3, 0.4) is 0 Å². The first-order valence-electron chi connectivity index (χ1n) is 6.18.